The molecule has 12 aliphatic rings. The van der Waals surface area contributed by atoms with Crippen LogP contribution in [0.3, 0.4) is 0 Å². The Balaban J connectivity index is 1.25. The molecular weight excluding hydrogens is 657 g/mol. The third kappa shape index (κ3) is 6.26. The van der Waals surface area contributed by atoms with Crippen molar-refractivity contribution in [1.29, 1.82) is 0 Å². The molecule has 0 saturated carbocycles. The highest BCUT2D eigenvalue weighted by molar-refractivity contribution is 6.73. The Labute approximate surface area is 318 Å². The lowest BCUT2D eigenvalue weighted by Gasteiger charge is -2.43. The summed E-state index contributed by atoms with van der Waals surface area (Å²) in [6.45, 7) is 13.9. The minimum absolute atomic E-state index is 0.162. The zero-order valence-corrected chi connectivity index (χ0v) is 33.2. The Kier molecular flexibility index (Phi) is 8.83. The minimum Gasteiger partial charge on any atom is -0.401 e. The monoisotopic (exact) mass is 708 g/mol. The van der Waals surface area contributed by atoms with Crippen LogP contribution in [0.4, 0.5) is 0 Å². The molecule has 0 radical (unpaired) electrons. The summed E-state index contributed by atoms with van der Waals surface area (Å²) in [7, 11) is -1.99. The van der Waals surface area contributed by atoms with Gasteiger partial charge in [-0.1, -0.05) is 172 Å². The summed E-state index contributed by atoms with van der Waals surface area (Å²) >= 11 is 0. The van der Waals surface area contributed by atoms with E-state index in [0.29, 0.717) is 0 Å². The van der Waals surface area contributed by atoms with Crippen molar-refractivity contribution < 1.29 is 4.43 Å². The van der Waals surface area contributed by atoms with E-state index in [0.717, 1.165) is 18.1 Å². The maximum Gasteiger partial charge on any atom is 0.194 e. The fourth-order valence-electron chi connectivity index (χ4n) is 8.60. The first-order valence-corrected chi connectivity index (χ1v) is 22.1. The van der Waals surface area contributed by atoms with Crippen LogP contribution < -0.4 is 0 Å². The first kappa shape index (κ1) is 35.3. The molecule has 266 valence electrons. The summed E-state index contributed by atoms with van der Waals surface area (Å²) in [5.41, 5.74) is 11.2. The lowest BCUT2D eigenvalue weighted by Crippen LogP contribution is -2.45. The van der Waals surface area contributed by atoms with Gasteiger partial charge >= 0.3 is 0 Å². The van der Waals surface area contributed by atoms with Crippen LogP contribution in [0.15, 0.2) is 170 Å². The number of hydrogen-bond donors (Lipinski definition) is 0. The number of rotatable bonds is 5. The Morgan fingerprint density at radius 2 is 0.679 bits per heavy atom. The van der Waals surface area contributed by atoms with Crippen LogP contribution in [-0.4, -0.2) is 8.32 Å². The van der Waals surface area contributed by atoms with Crippen molar-refractivity contribution >= 4 is 8.32 Å². The topological polar surface area (TPSA) is 9.23 Å². The fraction of sp³-hybridized carbons (Fsp3) is 0.255. The van der Waals surface area contributed by atoms with Crippen LogP contribution in [0.5, 0.6) is 0 Å². The predicted octanol–water partition coefficient (Wildman–Crippen LogP) is 13.6. The molecule has 1 nitrogen and oxygen atoms in total. The van der Waals surface area contributed by atoms with Crippen LogP contribution in [0.1, 0.15) is 63.8 Å². The second-order valence-corrected chi connectivity index (χ2v) is 20.9. The third-order valence-corrected chi connectivity index (χ3v) is 17.6. The van der Waals surface area contributed by atoms with Gasteiger partial charge < -0.3 is 4.43 Å². The van der Waals surface area contributed by atoms with E-state index in [-0.39, 0.29) is 16.2 Å². The van der Waals surface area contributed by atoms with Gasteiger partial charge in [0.15, 0.2) is 8.32 Å². The van der Waals surface area contributed by atoms with E-state index in [2.05, 4.69) is 211 Å². The van der Waals surface area contributed by atoms with Crippen molar-refractivity contribution in [2.24, 2.45) is 0 Å². The first-order valence-electron chi connectivity index (χ1n) is 19.6. The van der Waals surface area contributed by atoms with Gasteiger partial charge in [-0.3, -0.25) is 0 Å². The number of benzene rings is 5. The molecule has 0 amide bonds. The molecule has 53 heavy (non-hydrogen) atoms. The van der Waals surface area contributed by atoms with Crippen LogP contribution in [-0.2, 0) is 26.3 Å². The van der Waals surface area contributed by atoms with Gasteiger partial charge in [0, 0.05) is 16.2 Å². The highest BCUT2D eigenvalue weighted by Crippen LogP contribution is 2.44. The summed E-state index contributed by atoms with van der Waals surface area (Å²) in [5.74, 6) is 0. The van der Waals surface area contributed by atoms with Crippen molar-refractivity contribution in [1.82, 2.24) is 0 Å². The molecule has 12 aliphatic carbocycles. The van der Waals surface area contributed by atoms with E-state index in [1.54, 1.807) is 0 Å². The molecule has 0 fully saturated rings. The van der Waals surface area contributed by atoms with Gasteiger partial charge in [-0.25, -0.2) is 0 Å². The predicted molar refractivity (Wildman–Crippen MR) is 228 cm³/mol. The quantitative estimate of drug-likeness (QED) is 0.130. The highest BCUT2D eigenvalue weighted by atomic mass is 28.4. The second-order valence-electron chi connectivity index (χ2n) is 16.2. The van der Waals surface area contributed by atoms with E-state index in [9.17, 15) is 0 Å². The van der Waals surface area contributed by atoms with Crippen molar-refractivity contribution in [3.05, 3.63) is 192 Å². The summed E-state index contributed by atoms with van der Waals surface area (Å²) < 4.78 is 7.46. The Morgan fingerprint density at radius 3 is 1.02 bits per heavy atom. The van der Waals surface area contributed by atoms with E-state index < -0.39 is 13.9 Å². The van der Waals surface area contributed by atoms with Crippen LogP contribution in [0.25, 0.3) is 33.4 Å². The summed E-state index contributed by atoms with van der Waals surface area (Å²) in [6, 6.07) is 48.8. The maximum atomic E-state index is 7.46. The van der Waals surface area contributed by atoms with Crippen molar-refractivity contribution in [2.45, 2.75) is 81.5 Å². The maximum absolute atomic E-state index is 7.46. The molecular formula is C51H52OSi. The second kappa shape index (κ2) is 13.3. The summed E-state index contributed by atoms with van der Waals surface area (Å²) in [5, 5.41) is 0. The molecule has 14 bridgehead atoms. The largest absolute Gasteiger partial charge is 0.401 e. The molecule has 0 aliphatic heterocycles. The lowest BCUT2D eigenvalue weighted by molar-refractivity contribution is 0.153. The van der Waals surface area contributed by atoms with Gasteiger partial charge in [-0.2, -0.15) is 0 Å². The Bertz CT molecular complexity index is 2190. The Morgan fingerprint density at radius 1 is 0.377 bits per heavy atom. The molecule has 0 N–H and O–H groups in total. The zero-order valence-electron chi connectivity index (χ0n) is 32.2. The van der Waals surface area contributed by atoms with Gasteiger partial charge in [-0.05, 0) is 113 Å². The molecule has 0 atom stereocenters. The standard InChI is InChI=1S/C51H52OSi/c1-7-53(8-2,9-3)52-51-35-33-50(6,34-36-51)46-23-15-39(16-24-46)38-13-21-44(22-14-38)48(4)29-31-49(5,32-30-48)45-25-17-40(18-26-45)42-11-10-12-43(37-42)41-19-27-47(51)28-20-41/h10-37H,7-9H2,1-6H3. The molecule has 17 rings (SSSR count). The molecule has 5 aromatic rings. The van der Waals surface area contributed by atoms with Crippen molar-refractivity contribution in [3.8, 4) is 33.4 Å². The van der Waals surface area contributed by atoms with Crippen LogP contribution in [0, 0.1) is 0 Å². The minimum atomic E-state index is -1.99. The normalized spacial score (nSPS) is 25.5. The van der Waals surface area contributed by atoms with E-state index in [1.807, 2.05) is 0 Å². The van der Waals surface area contributed by atoms with Gasteiger partial charge in [-0.15, -0.1) is 0 Å². The van der Waals surface area contributed by atoms with E-state index in [1.165, 1.54) is 55.6 Å². The highest BCUT2D eigenvalue weighted by Gasteiger charge is 2.42. The van der Waals surface area contributed by atoms with Crippen LogP contribution in [0.2, 0.25) is 18.1 Å². The van der Waals surface area contributed by atoms with Gasteiger partial charge in [0.25, 0.3) is 0 Å². The molecule has 2 heteroatoms. The first-order chi connectivity index (χ1) is 25.5. The summed E-state index contributed by atoms with van der Waals surface area (Å²) in [6.07, 6.45) is 19.0. The molecule has 0 saturated heterocycles. The summed E-state index contributed by atoms with van der Waals surface area (Å²) in [4.78, 5) is 0. The molecule has 0 aromatic heterocycles. The number of allylic oxidation sites excluding steroid dienone is 6. The van der Waals surface area contributed by atoms with E-state index >= 15 is 0 Å². The third-order valence-electron chi connectivity index (χ3n) is 12.9. The Hall–Kier alpha value is -4.76. The average molecular weight is 709 g/mol. The lowest BCUT2D eigenvalue weighted by atomic mass is 9.70. The SMILES string of the molecule is CC[Si](CC)(CC)OC12C=CC(C)(C=C1)c1ccc(cc1)-c1ccc(cc1)C1(C)C=CC(C)(C=C1)c1ccc(cc1)-c1cccc(c1)-c1ccc2cc1. The molecule has 0 spiro atoms. The van der Waals surface area contributed by atoms with Crippen LogP contribution >= 0.6 is 0 Å². The van der Waals surface area contributed by atoms with Crippen molar-refractivity contribution in [3.63, 3.8) is 0 Å². The van der Waals surface area contributed by atoms with Gasteiger partial charge in [0.1, 0.15) is 5.60 Å². The zero-order chi connectivity index (χ0) is 36.9. The molecule has 5 aromatic carbocycles. The van der Waals surface area contributed by atoms with Gasteiger partial charge in [0.05, 0.1) is 0 Å². The molecule has 0 heterocycles. The average Bonchev–Trinajstić information content (AvgIpc) is 3.22. The number of hydrogen-bond acceptors (Lipinski definition) is 1. The molecule has 0 unspecified atom stereocenters. The fourth-order valence-corrected chi connectivity index (χ4v) is 11.5. The van der Waals surface area contributed by atoms with Gasteiger partial charge in [0.2, 0.25) is 0 Å². The van der Waals surface area contributed by atoms with E-state index in [4.69, 9.17) is 4.43 Å². The smallest absolute Gasteiger partial charge is 0.194 e. The van der Waals surface area contributed by atoms with Crippen molar-refractivity contribution in [2.75, 3.05) is 0 Å².